The first-order valence-corrected chi connectivity index (χ1v) is 8.01. The number of nitrogens with one attached hydrogen (secondary N) is 1. The molecule has 2 aliphatic heterocycles. The zero-order valence-electron chi connectivity index (χ0n) is 12.3. The van der Waals surface area contributed by atoms with E-state index >= 15 is 0 Å². The topological polar surface area (TPSA) is 78.9 Å². The van der Waals surface area contributed by atoms with E-state index in [1.165, 1.54) is 12.8 Å². The molecular formula is C15H24N2O4. The maximum atomic E-state index is 12.2. The summed E-state index contributed by atoms with van der Waals surface area (Å²) in [6, 6.07) is 0.558. The lowest BCUT2D eigenvalue weighted by molar-refractivity contribution is -0.146. The smallest absolute Gasteiger partial charge is 0.307 e. The highest BCUT2D eigenvalue weighted by Crippen LogP contribution is 2.32. The van der Waals surface area contributed by atoms with Gasteiger partial charge in [0.25, 0.3) is 0 Å². The van der Waals surface area contributed by atoms with E-state index in [1.807, 2.05) is 0 Å². The second-order valence-corrected chi connectivity index (χ2v) is 6.47. The third kappa shape index (κ3) is 3.21. The number of carbonyl (C=O) groups is 2. The van der Waals surface area contributed by atoms with Crippen molar-refractivity contribution < 1.29 is 19.4 Å². The van der Waals surface area contributed by atoms with Gasteiger partial charge in [-0.05, 0) is 32.2 Å². The highest BCUT2D eigenvalue weighted by molar-refractivity contribution is 5.85. The average molecular weight is 296 g/mol. The van der Waals surface area contributed by atoms with E-state index in [2.05, 4.69) is 10.2 Å². The largest absolute Gasteiger partial charge is 0.481 e. The summed E-state index contributed by atoms with van der Waals surface area (Å²) in [7, 11) is 0. The zero-order chi connectivity index (χ0) is 14.8. The summed E-state index contributed by atoms with van der Waals surface area (Å²) >= 11 is 0. The number of rotatable bonds is 4. The van der Waals surface area contributed by atoms with Crippen LogP contribution in [-0.2, 0) is 14.3 Å². The number of morpholine rings is 1. The number of carbonyl (C=O) groups excluding carboxylic acids is 1. The predicted molar refractivity (Wildman–Crippen MR) is 75.8 cm³/mol. The molecule has 0 bridgehead atoms. The van der Waals surface area contributed by atoms with Gasteiger partial charge in [-0.25, -0.2) is 0 Å². The molecule has 21 heavy (non-hydrogen) atoms. The number of hydrogen-bond donors (Lipinski definition) is 2. The fourth-order valence-corrected chi connectivity index (χ4v) is 3.92. The van der Waals surface area contributed by atoms with E-state index in [0.29, 0.717) is 25.4 Å². The van der Waals surface area contributed by atoms with Crippen molar-refractivity contribution in [3.05, 3.63) is 0 Å². The summed E-state index contributed by atoms with van der Waals surface area (Å²) < 4.78 is 5.81. The number of carboxylic acids is 1. The van der Waals surface area contributed by atoms with Crippen molar-refractivity contribution in [1.82, 2.24) is 10.2 Å². The maximum Gasteiger partial charge on any atom is 0.307 e. The van der Waals surface area contributed by atoms with Crippen LogP contribution in [0.1, 0.15) is 32.1 Å². The van der Waals surface area contributed by atoms with E-state index in [1.54, 1.807) is 0 Å². The van der Waals surface area contributed by atoms with Gasteiger partial charge >= 0.3 is 5.97 Å². The van der Waals surface area contributed by atoms with Gasteiger partial charge in [-0.15, -0.1) is 0 Å². The molecule has 4 unspecified atom stereocenters. The normalized spacial score (nSPS) is 36.4. The lowest BCUT2D eigenvalue weighted by atomic mass is 9.95. The second kappa shape index (κ2) is 6.32. The first-order chi connectivity index (χ1) is 10.1. The number of amides is 1. The van der Waals surface area contributed by atoms with Gasteiger partial charge in [0.15, 0.2) is 0 Å². The van der Waals surface area contributed by atoms with E-state index in [4.69, 9.17) is 9.84 Å². The maximum absolute atomic E-state index is 12.2. The first kappa shape index (κ1) is 14.8. The molecule has 3 rings (SSSR count). The lowest BCUT2D eigenvalue weighted by Crippen LogP contribution is -2.50. The minimum absolute atomic E-state index is 0.0352. The van der Waals surface area contributed by atoms with Crippen LogP contribution < -0.4 is 5.32 Å². The minimum Gasteiger partial charge on any atom is -0.481 e. The minimum atomic E-state index is -0.846. The van der Waals surface area contributed by atoms with Gasteiger partial charge in [-0.1, -0.05) is 6.42 Å². The molecule has 2 saturated heterocycles. The number of fused-ring (bicyclic) bond motifs is 1. The van der Waals surface area contributed by atoms with Crippen LogP contribution >= 0.6 is 0 Å². The fourth-order valence-electron chi connectivity index (χ4n) is 3.92. The lowest BCUT2D eigenvalue weighted by Gasteiger charge is -2.35. The molecular weight excluding hydrogens is 272 g/mol. The molecule has 6 heteroatoms. The molecule has 3 aliphatic rings. The molecule has 0 aromatic heterocycles. The van der Waals surface area contributed by atoms with Crippen LogP contribution in [0.2, 0.25) is 0 Å². The molecule has 0 aromatic rings. The Hall–Kier alpha value is -1.14. The highest BCUT2D eigenvalue weighted by atomic mass is 16.5. The molecule has 1 saturated carbocycles. The second-order valence-electron chi connectivity index (χ2n) is 6.47. The summed E-state index contributed by atoms with van der Waals surface area (Å²) in [6.45, 7) is 3.24. The molecule has 0 aromatic carbocycles. The van der Waals surface area contributed by atoms with Gasteiger partial charge in [-0.3, -0.25) is 14.5 Å². The highest BCUT2D eigenvalue weighted by Gasteiger charge is 2.38. The van der Waals surface area contributed by atoms with E-state index in [-0.39, 0.29) is 17.9 Å². The summed E-state index contributed by atoms with van der Waals surface area (Å²) in [4.78, 5) is 25.8. The Morgan fingerprint density at radius 1 is 1.19 bits per heavy atom. The van der Waals surface area contributed by atoms with Crippen molar-refractivity contribution >= 4 is 11.9 Å². The number of ether oxygens (including phenoxy) is 1. The summed E-state index contributed by atoms with van der Waals surface area (Å²) in [6.07, 6.45) is 4.60. The molecule has 6 nitrogen and oxygen atoms in total. The molecule has 118 valence electrons. The standard InChI is InChI=1S/C15H24N2O4/c18-14(12-4-1-5-13(12)15(19)20)16-7-11-8-17-6-2-3-10(17)9-21-11/h10-13H,1-9H2,(H,16,18)(H,19,20). The van der Waals surface area contributed by atoms with Crippen molar-refractivity contribution in [1.29, 1.82) is 0 Å². The Kier molecular flexibility index (Phi) is 4.45. The van der Waals surface area contributed by atoms with Gasteiger partial charge < -0.3 is 15.2 Å². The van der Waals surface area contributed by atoms with Crippen LogP contribution in [0.3, 0.4) is 0 Å². The Labute approximate surface area is 124 Å². The van der Waals surface area contributed by atoms with Crippen molar-refractivity contribution in [3.63, 3.8) is 0 Å². The van der Waals surface area contributed by atoms with Crippen LogP contribution in [0.15, 0.2) is 0 Å². The van der Waals surface area contributed by atoms with Crippen molar-refractivity contribution in [3.8, 4) is 0 Å². The van der Waals surface area contributed by atoms with Crippen molar-refractivity contribution in [2.24, 2.45) is 11.8 Å². The first-order valence-electron chi connectivity index (χ1n) is 8.01. The van der Waals surface area contributed by atoms with Crippen LogP contribution in [-0.4, -0.2) is 60.3 Å². The Balaban J connectivity index is 1.46. The van der Waals surface area contributed by atoms with Crippen LogP contribution in [0, 0.1) is 11.8 Å². The van der Waals surface area contributed by atoms with Crippen molar-refractivity contribution in [2.75, 3.05) is 26.2 Å². The molecule has 1 aliphatic carbocycles. The molecule has 2 heterocycles. The fraction of sp³-hybridized carbons (Fsp3) is 0.867. The van der Waals surface area contributed by atoms with E-state index in [9.17, 15) is 9.59 Å². The van der Waals surface area contributed by atoms with Crippen LogP contribution in [0.25, 0.3) is 0 Å². The molecule has 1 amide bonds. The summed E-state index contributed by atoms with van der Waals surface area (Å²) in [5, 5.41) is 12.0. The van der Waals surface area contributed by atoms with Gasteiger partial charge in [-0.2, -0.15) is 0 Å². The number of aliphatic carboxylic acids is 1. The van der Waals surface area contributed by atoms with Crippen LogP contribution in [0.5, 0.6) is 0 Å². The summed E-state index contributed by atoms with van der Waals surface area (Å²) in [5.41, 5.74) is 0. The zero-order valence-corrected chi connectivity index (χ0v) is 12.3. The molecule has 3 fully saturated rings. The predicted octanol–water partition coefficient (Wildman–Crippen LogP) is 0.467. The van der Waals surface area contributed by atoms with Gasteiger partial charge in [0, 0.05) is 19.1 Å². The van der Waals surface area contributed by atoms with Gasteiger partial charge in [0.2, 0.25) is 5.91 Å². The Morgan fingerprint density at radius 3 is 2.81 bits per heavy atom. The SMILES string of the molecule is O=C(O)C1CCCC1C(=O)NCC1CN2CCCC2CO1. The Bertz CT molecular complexity index is 414. The molecule has 4 atom stereocenters. The molecule has 2 N–H and O–H groups in total. The number of nitrogens with zero attached hydrogens (tertiary/aromatic N) is 1. The van der Waals surface area contributed by atoms with Crippen molar-refractivity contribution in [2.45, 2.75) is 44.2 Å². The Morgan fingerprint density at radius 2 is 2.00 bits per heavy atom. The van der Waals surface area contributed by atoms with E-state index in [0.717, 1.165) is 26.1 Å². The molecule has 0 radical (unpaired) electrons. The van der Waals surface area contributed by atoms with E-state index < -0.39 is 11.9 Å². The van der Waals surface area contributed by atoms with Gasteiger partial charge in [0.05, 0.1) is 24.5 Å². The third-order valence-corrected chi connectivity index (χ3v) is 5.14. The third-order valence-electron chi connectivity index (χ3n) is 5.14. The monoisotopic (exact) mass is 296 g/mol. The average Bonchev–Trinajstić information content (AvgIpc) is 3.12. The van der Waals surface area contributed by atoms with Crippen LogP contribution in [0.4, 0.5) is 0 Å². The number of hydrogen-bond acceptors (Lipinski definition) is 4. The molecule has 0 spiro atoms. The summed E-state index contributed by atoms with van der Waals surface area (Å²) in [5.74, 6) is -1.85. The number of carboxylic acid groups (broad SMARTS) is 1. The van der Waals surface area contributed by atoms with Gasteiger partial charge in [0.1, 0.15) is 0 Å². The quantitative estimate of drug-likeness (QED) is 0.788.